The van der Waals surface area contributed by atoms with Crippen LogP contribution in [0.5, 0.6) is 0 Å². The number of rotatable bonds is 6. The first-order valence-electron chi connectivity index (χ1n) is 10.0. The normalized spacial score (nSPS) is 22.6. The van der Waals surface area contributed by atoms with E-state index in [1.165, 1.54) is 0 Å². The van der Waals surface area contributed by atoms with Crippen LogP contribution in [0.2, 0.25) is 0 Å². The summed E-state index contributed by atoms with van der Waals surface area (Å²) in [5, 5.41) is 9.07. The van der Waals surface area contributed by atoms with Crippen LogP contribution in [0.3, 0.4) is 0 Å². The number of amides is 1. The number of aromatic nitrogens is 3. The second-order valence-corrected chi connectivity index (χ2v) is 7.91. The molecule has 2 fully saturated rings. The van der Waals surface area contributed by atoms with E-state index in [-0.39, 0.29) is 17.9 Å². The molecule has 146 valence electrons. The predicted octanol–water partition coefficient (Wildman–Crippen LogP) is 2.28. The van der Waals surface area contributed by atoms with Gasteiger partial charge in [0.1, 0.15) is 5.82 Å². The summed E-state index contributed by atoms with van der Waals surface area (Å²) in [7, 11) is 3.68. The lowest BCUT2D eigenvalue weighted by Gasteiger charge is -2.33. The Morgan fingerprint density at radius 3 is 2.58 bits per heavy atom. The molecule has 0 N–H and O–H groups in total. The number of nitrogens with zero attached hydrogens (tertiary/aromatic N) is 5. The monoisotopic (exact) mass is 363 g/mol. The second-order valence-electron chi connectivity index (χ2n) is 7.91. The van der Waals surface area contributed by atoms with E-state index in [9.17, 15) is 4.79 Å². The van der Waals surface area contributed by atoms with E-state index in [0.29, 0.717) is 5.92 Å². The Kier molecular flexibility index (Phi) is 6.16. The van der Waals surface area contributed by atoms with Gasteiger partial charge in [0.2, 0.25) is 11.9 Å². The van der Waals surface area contributed by atoms with Gasteiger partial charge in [0.15, 0.2) is 0 Å². The van der Waals surface area contributed by atoms with Crippen molar-refractivity contribution >= 4 is 11.9 Å². The smallest absolute Gasteiger partial charge is 0.227 e. The van der Waals surface area contributed by atoms with Crippen molar-refractivity contribution in [3.05, 3.63) is 5.82 Å². The summed E-state index contributed by atoms with van der Waals surface area (Å²) in [5.74, 6) is 2.76. The zero-order valence-corrected chi connectivity index (χ0v) is 16.6. The Morgan fingerprint density at radius 1 is 1.27 bits per heavy atom. The molecule has 0 bridgehead atoms. The lowest BCUT2D eigenvalue weighted by Crippen LogP contribution is -2.41. The van der Waals surface area contributed by atoms with Gasteiger partial charge in [-0.2, -0.15) is 0 Å². The molecule has 3 rings (SSSR count). The molecule has 0 saturated carbocycles. The molecule has 1 aromatic heterocycles. The van der Waals surface area contributed by atoms with Crippen LogP contribution < -0.4 is 4.90 Å². The summed E-state index contributed by atoms with van der Waals surface area (Å²) < 4.78 is 8.14. The van der Waals surface area contributed by atoms with E-state index in [1.54, 1.807) is 4.90 Å². The summed E-state index contributed by atoms with van der Waals surface area (Å²) >= 11 is 0. The van der Waals surface area contributed by atoms with Crippen LogP contribution in [0.15, 0.2) is 0 Å². The van der Waals surface area contributed by atoms with Crippen molar-refractivity contribution in [2.45, 2.75) is 64.5 Å². The molecule has 1 aromatic rings. The van der Waals surface area contributed by atoms with Gasteiger partial charge in [0.05, 0.1) is 12.6 Å². The van der Waals surface area contributed by atoms with E-state index < -0.39 is 0 Å². The zero-order valence-electron chi connectivity index (χ0n) is 16.6. The third-order valence-electron chi connectivity index (χ3n) is 5.79. The fraction of sp³-hybridized carbons (Fsp3) is 0.842. The molecule has 2 atom stereocenters. The van der Waals surface area contributed by atoms with Gasteiger partial charge >= 0.3 is 0 Å². The Bertz CT molecular complexity index is 601. The summed E-state index contributed by atoms with van der Waals surface area (Å²) in [5.41, 5.74) is 0. The maximum atomic E-state index is 12.2. The van der Waals surface area contributed by atoms with E-state index in [0.717, 1.165) is 70.1 Å². The first kappa shape index (κ1) is 19.1. The van der Waals surface area contributed by atoms with Gasteiger partial charge in [-0.1, -0.05) is 13.8 Å². The van der Waals surface area contributed by atoms with E-state index in [1.807, 2.05) is 14.1 Å². The Morgan fingerprint density at radius 2 is 2.00 bits per heavy atom. The molecule has 0 aromatic carbocycles. The highest BCUT2D eigenvalue weighted by Gasteiger charge is 2.30. The maximum Gasteiger partial charge on any atom is 0.227 e. The largest absolute Gasteiger partial charge is 0.376 e. The number of carbonyl (C=O) groups is 1. The predicted molar refractivity (Wildman–Crippen MR) is 101 cm³/mol. The van der Waals surface area contributed by atoms with Gasteiger partial charge in [0.25, 0.3) is 0 Å². The standard InChI is InChI=1S/C19H33N5O2/c1-5-14(2)17-20-21-19(24(17)13-16-7-6-12-26-16)23-10-8-15(9-11-23)18(25)22(3)4/h14-16H,5-13H2,1-4H3/t14-,16-/m0/s1. The molecule has 1 amide bonds. The first-order valence-corrected chi connectivity index (χ1v) is 10.0. The molecule has 26 heavy (non-hydrogen) atoms. The van der Waals surface area contributed by atoms with Crippen molar-refractivity contribution in [2.24, 2.45) is 5.92 Å². The van der Waals surface area contributed by atoms with Gasteiger partial charge in [0, 0.05) is 45.6 Å². The minimum Gasteiger partial charge on any atom is -0.376 e. The van der Waals surface area contributed by atoms with Crippen LogP contribution in [0.25, 0.3) is 0 Å². The minimum atomic E-state index is 0.129. The van der Waals surface area contributed by atoms with Crippen LogP contribution in [0.1, 0.15) is 57.7 Å². The van der Waals surface area contributed by atoms with Crippen LogP contribution in [-0.2, 0) is 16.1 Å². The maximum absolute atomic E-state index is 12.2. The lowest BCUT2D eigenvalue weighted by atomic mass is 9.96. The van der Waals surface area contributed by atoms with Crippen molar-refractivity contribution in [1.82, 2.24) is 19.7 Å². The Hall–Kier alpha value is -1.63. The molecule has 0 unspecified atom stereocenters. The first-order chi connectivity index (χ1) is 12.5. The molecule has 2 saturated heterocycles. The number of hydrogen-bond acceptors (Lipinski definition) is 5. The van der Waals surface area contributed by atoms with Crippen molar-refractivity contribution in [1.29, 1.82) is 0 Å². The van der Waals surface area contributed by atoms with Crippen molar-refractivity contribution in [2.75, 3.05) is 38.7 Å². The SMILES string of the molecule is CC[C@H](C)c1nnc(N2CCC(C(=O)N(C)C)CC2)n1C[C@@H]1CCCO1. The Balaban J connectivity index is 1.74. The molecule has 0 spiro atoms. The highest BCUT2D eigenvalue weighted by molar-refractivity contribution is 5.78. The Labute approximate surface area is 156 Å². The number of hydrogen-bond donors (Lipinski definition) is 0. The molecule has 0 radical (unpaired) electrons. The van der Waals surface area contributed by atoms with Crippen molar-refractivity contribution in [3.63, 3.8) is 0 Å². The number of anilines is 1. The highest BCUT2D eigenvalue weighted by Crippen LogP contribution is 2.28. The zero-order chi connectivity index (χ0) is 18.7. The molecule has 3 heterocycles. The average Bonchev–Trinajstić information content (AvgIpc) is 3.31. The number of piperidine rings is 1. The van der Waals surface area contributed by atoms with Crippen LogP contribution >= 0.6 is 0 Å². The fourth-order valence-corrected chi connectivity index (χ4v) is 3.95. The quantitative estimate of drug-likeness (QED) is 0.776. The molecule has 0 aliphatic carbocycles. The number of carbonyl (C=O) groups excluding carboxylic acids is 1. The van der Waals surface area contributed by atoms with Crippen molar-refractivity contribution < 1.29 is 9.53 Å². The summed E-state index contributed by atoms with van der Waals surface area (Å²) in [4.78, 5) is 16.2. The fourth-order valence-electron chi connectivity index (χ4n) is 3.95. The van der Waals surface area contributed by atoms with Gasteiger partial charge in [-0.3, -0.25) is 9.36 Å². The minimum absolute atomic E-state index is 0.129. The molecule has 2 aliphatic heterocycles. The van der Waals surface area contributed by atoms with Crippen LogP contribution in [-0.4, -0.2) is 65.5 Å². The summed E-state index contributed by atoms with van der Waals surface area (Å²) in [6.07, 6.45) is 5.31. The summed E-state index contributed by atoms with van der Waals surface area (Å²) in [6, 6.07) is 0. The van der Waals surface area contributed by atoms with Gasteiger partial charge < -0.3 is 14.5 Å². The lowest BCUT2D eigenvalue weighted by molar-refractivity contribution is -0.133. The second kappa shape index (κ2) is 8.37. The topological polar surface area (TPSA) is 63.5 Å². The molecule has 7 heteroatoms. The third kappa shape index (κ3) is 4.03. The van der Waals surface area contributed by atoms with Gasteiger partial charge in [-0.05, 0) is 32.1 Å². The highest BCUT2D eigenvalue weighted by atomic mass is 16.5. The molecular formula is C19H33N5O2. The molecule has 2 aliphatic rings. The van der Waals surface area contributed by atoms with Crippen LogP contribution in [0.4, 0.5) is 5.95 Å². The molecular weight excluding hydrogens is 330 g/mol. The van der Waals surface area contributed by atoms with Gasteiger partial charge in [-0.25, -0.2) is 0 Å². The van der Waals surface area contributed by atoms with Gasteiger partial charge in [-0.15, -0.1) is 10.2 Å². The molecule has 7 nitrogen and oxygen atoms in total. The van der Waals surface area contributed by atoms with Crippen molar-refractivity contribution in [3.8, 4) is 0 Å². The van der Waals surface area contributed by atoms with Crippen LogP contribution in [0, 0.1) is 5.92 Å². The summed E-state index contributed by atoms with van der Waals surface area (Å²) in [6.45, 7) is 7.80. The third-order valence-corrected chi connectivity index (χ3v) is 5.79. The average molecular weight is 364 g/mol. The number of ether oxygens (including phenoxy) is 1. The van der Waals surface area contributed by atoms with E-state index in [4.69, 9.17) is 4.74 Å². The van der Waals surface area contributed by atoms with E-state index >= 15 is 0 Å². The van der Waals surface area contributed by atoms with E-state index in [2.05, 4.69) is 33.5 Å².